The first-order valence-electron chi connectivity index (χ1n) is 6.54. The number of anilines is 1. The summed E-state index contributed by atoms with van der Waals surface area (Å²) in [5.74, 6) is -0.0924. The van der Waals surface area contributed by atoms with E-state index in [0.717, 1.165) is 18.8 Å². The SMILES string of the molecule is CCN(CC)c1cnn(CC(=O)c2cccs2)c(=O)c1. The molecule has 0 bridgehead atoms. The highest BCUT2D eigenvalue weighted by atomic mass is 32.1. The molecule has 0 amide bonds. The first-order valence-corrected chi connectivity index (χ1v) is 7.42. The molecule has 0 radical (unpaired) electrons. The van der Waals surface area contributed by atoms with Gasteiger partial charge in [0.15, 0.2) is 5.78 Å². The van der Waals surface area contributed by atoms with Crippen LogP contribution >= 0.6 is 11.3 Å². The second-order valence-electron chi connectivity index (χ2n) is 4.28. The maximum Gasteiger partial charge on any atom is 0.269 e. The van der Waals surface area contributed by atoms with E-state index in [4.69, 9.17) is 0 Å². The Kier molecular flexibility index (Phi) is 4.68. The summed E-state index contributed by atoms with van der Waals surface area (Å²) in [6.45, 7) is 5.66. The van der Waals surface area contributed by atoms with Crippen molar-refractivity contribution in [2.24, 2.45) is 0 Å². The van der Waals surface area contributed by atoms with Gasteiger partial charge in [0.2, 0.25) is 0 Å². The lowest BCUT2D eigenvalue weighted by molar-refractivity contribution is 0.0969. The lowest BCUT2D eigenvalue weighted by Crippen LogP contribution is -2.29. The van der Waals surface area contributed by atoms with Crippen LogP contribution in [0.25, 0.3) is 0 Å². The third-order valence-electron chi connectivity index (χ3n) is 3.07. The number of Topliss-reactive ketones (excluding diaryl/α,β-unsaturated/α-hetero) is 1. The van der Waals surface area contributed by atoms with E-state index in [1.807, 2.05) is 30.2 Å². The normalized spacial score (nSPS) is 10.5. The van der Waals surface area contributed by atoms with Crippen LogP contribution in [0, 0.1) is 0 Å². The smallest absolute Gasteiger partial charge is 0.269 e. The molecule has 0 saturated carbocycles. The fourth-order valence-electron chi connectivity index (χ4n) is 1.96. The van der Waals surface area contributed by atoms with Crippen molar-refractivity contribution >= 4 is 22.8 Å². The van der Waals surface area contributed by atoms with E-state index in [9.17, 15) is 9.59 Å². The summed E-state index contributed by atoms with van der Waals surface area (Å²) in [6.07, 6.45) is 1.64. The molecule has 0 aliphatic rings. The summed E-state index contributed by atoms with van der Waals surface area (Å²) < 4.78 is 1.20. The predicted octanol–water partition coefficient (Wildman–Crippen LogP) is 2.03. The Morgan fingerprint density at radius 3 is 2.70 bits per heavy atom. The highest BCUT2D eigenvalue weighted by Gasteiger charge is 2.11. The van der Waals surface area contributed by atoms with Crippen LogP contribution in [0.1, 0.15) is 23.5 Å². The van der Waals surface area contributed by atoms with Crippen LogP contribution in [0.3, 0.4) is 0 Å². The van der Waals surface area contributed by atoms with Crippen LogP contribution in [-0.4, -0.2) is 28.7 Å². The summed E-state index contributed by atoms with van der Waals surface area (Å²) in [5, 5.41) is 5.93. The molecule has 0 aromatic carbocycles. The first-order chi connectivity index (χ1) is 9.65. The molecule has 20 heavy (non-hydrogen) atoms. The number of carbonyl (C=O) groups excluding carboxylic acids is 1. The molecule has 0 aliphatic carbocycles. The minimum atomic E-state index is -0.251. The quantitative estimate of drug-likeness (QED) is 0.764. The third kappa shape index (κ3) is 3.14. The van der Waals surface area contributed by atoms with Gasteiger partial charge in [-0.3, -0.25) is 9.59 Å². The van der Waals surface area contributed by atoms with Crippen LogP contribution in [0.2, 0.25) is 0 Å². The van der Waals surface area contributed by atoms with Crippen LogP contribution in [0.4, 0.5) is 5.69 Å². The third-order valence-corrected chi connectivity index (χ3v) is 3.98. The van der Waals surface area contributed by atoms with Crippen molar-refractivity contribution in [3.8, 4) is 0 Å². The van der Waals surface area contributed by atoms with E-state index in [-0.39, 0.29) is 17.9 Å². The van der Waals surface area contributed by atoms with Crippen molar-refractivity contribution in [3.05, 3.63) is 45.0 Å². The van der Waals surface area contributed by atoms with Gasteiger partial charge in [0, 0.05) is 19.2 Å². The second-order valence-corrected chi connectivity index (χ2v) is 5.23. The Labute approximate surface area is 121 Å². The van der Waals surface area contributed by atoms with E-state index < -0.39 is 0 Å². The zero-order valence-corrected chi connectivity index (χ0v) is 12.4. The lowest BCUT2D eigenvalue weighted by Gasteiger charge is -2.20. The minimum Gasteiger partial charge on any atom is -0.371 e. The molecule has 0 fully saturated rings. The maximum absolute atomic E-state index is 12.0. The highest BCUT2D eigenvalue weighted by Crippen LogP contribution is 2.11. The minimum absolute atomic E-state index is 0.0160. The van der Waals surface area contributed by atoms with E-state index in [1.54, 1.807) is 12.3 Å². The molecule has 5 nitrogen and oxygen atoms in total. The van der Waals surface area contributed by atoms with Crippen molar-refractivity contribution in [2.45, 2.75) is 20.4 Å². The fraction of sp³-hybridized carbons (Fsp3) is 0.357. The van der Waals surface area contributed by atoms with Gasteiger partial charge in [-0.2, -0.15) is 5.10 Å². The average molecular weight is 291 g/mol. The molecule has 2 aromatic heterocycles. The van der Waals surface area contributed by atoms with Crippen molar-refractivity contribution in [1.29, 1.82) is 0 Å². The molecule has 2 heterocycles. The fourth-order valence-corrected chi connectivity index (χ4v) is 2.61. The van der Waals surface area contributed by atoms with Crippen LogP contribution in [-0.2, 0) is 6.54 Å². The average Bonchev–Trinajstić information content (AvgIpc) is 2.97. The van der Waals surface area contributed by atoms with Crippen molar-refractivity contribution in [2.75, 3.05) is 18.0 Å². The van der Waals surface area contributed by atoms with Gasteiger partial charge in [0.1, 0.15) is 6.54 Å². The number of thiophene rings is 1. The Hall–Kier alpha value is -1.95. The van der Waals surface area contributed by atoms with E-state index >= 15 is 0 Å². The molecule has 0 aliphatic heterocycles. The number of hydrogen-bond acceptors (Lipinski definition) is 5. The van der Waals surface area contributed by atoms with Gasteiger partial charge < -0.3 is 4.90 Å². The van der Waals surface area contributed by atoms with Gasteiger partial charge >= 0.3 is 0 Å². The van der Waals surface area contributed by atoms with Gasteiger partial charge in [-0.1, -0.05) is 6.07 Å². The van der Waals surface area contributed by atoms with Crippen LogP contribution in [0.5, 0.6) is 0 Å². The predicted molar refractivity (Wildman–Crippen MR) is 80.7 cm³/mol. The number of nitrogens with zero attached hydrogens (tertiary/aromatic N) is 3. The van der Waals surface area contributed by atoms with E-state index in [2.05, 4.69) is 5.10 Å². The molecule has 2 rings (SSSR count). The summed E-state index contributed by atoms with van der Waals surface area (Å²) in [4.78, 5) is 26.7. The zero-order chi connectivity index (χ0) is 14.5. The Morgan fingerprint density at radius 1 is 1.40 bits per heavy atom. The number of aromatic nitrogens is 2. The van der Waals surface area contributed by atoms with Gasteiger partial charge in [-0.25, -0.2) is 4.68 Å². The van der Waals surface area contributed by atoms with Crippen molar-refractivity contribution in [3.63, 3.8) is 0 Å². The molecule has 106 valence electrons. The standard InChI is InChI=1S/C14H17N3O2S/c1-3-16(4-2)11-8-14(19)17(15-9-11)10-12(18)13-6-5-7-20-13/h5-9H,3-4,10H2,1-2H3. The van der Waals surface area contributed by atoms with Crippen LogP contribution < -0.4 is 10.5 Å². The number of carbonyl (C=O) groups is 1. The van der Waals surface area contributed by atoms with Gasteiger partial charge in [-0.15, -0.1) is 11.3 Å². The molecule has 0 saturated heterocycles. The topological polar surface area (TPSA) is 55.2 Å². The van der Waals surface area contributed by atoms with E-state index in [0.29, 0.717) is 4.88 Å². The molecule has 0 spiro atoms. The Bertz CT molecular complexity index is 630. The van der Waals surface area contributed by atoms with Crippen LogP contribution in [0.15, 0.2) is 34.6 Å². The molecule has 2 aromatic rings. The maximum atomic E-state index is 12.0. The molecule has 0 unspecified atom stereocenters. The number of hydrogen-bond donors (Lipinski definition) is 0. The summed E-state index contributed by atoms with van der Waals surface area (Å²) in [6, 6.07) is 5.10. The number of ketones is 1. The zero-order valence-electron chi connectivity index (χ0n) is 11.6. The van der Waals surface area contributed by atoms with E-state index in [1.165, 1.54) is 22.1 Å². The van der Waals surface area contributed by atoms with Gasteiger partial charge in [-0.05, 0) is 25.3 Å². The lowest BCUT2D eigenvalue weighted by atomic mass is 10.3. The van der Waals surface area contributed by atoms with Crippen molar-refractivity contribution in [1.82, 2.24) is 9.78 Å². The molecule has 0 N–H and O–H groups in total. The second kappa shape index (κ2) is 6.47. The summed E-state index contributed by atoms with van der Waals surface area (Å²) in [7, 11) is 0. The largest absolute Gasteiger partial charge is 0.371 e. The van der Waals surface area contributed by atoms with Gasteiger partial charge in [0.25, 0.3) is 5.56 Å². The highest BCUT2D eigenvalue weighted by molar-refractivity contribution is 7.12. The molecular formula is C14H17N3O2S. The molecular weight excluding hydrogens is 274 g/mol. The van der Waals surface area contributed by atoms with Gasteiger partial charge in [0.05, 0.1) is 16.8 Å². The summed E-state index contributed by atoms with van der Waals surface area (Å²) in [5.41, 5.74) is 0.541. The molecule has 0 atom stereocenters. The summed E-state index contributed by atoms with van der Waals surface area (Å²) >= 11 is 1.37. The molecule has 6 heteroatoms. The van der Waals surface area contributed by atoms with Crippen molar-refractivity contribution < 1.29 is 4.79 Å². The first kappa shape index (κ1) is 14.5. The monoisotopic (exact) mass is 291 g/mol. The Morgan fingerprint density at radius 2 is 2.15 bits per heavy atom. The number of rotatable bonds is 6. The Balaban J connectivity index is 2.18.